The Bertz CT molecular complexity index is 3220. The molecule has 0 bridgehead atoms. The first-order chi connectivity index (χ1) is 36.4. The number of piperidine rings is 1. The van der Waals surface area contributed by atoms with E-state index in [4.69, 9.17) is 21.1 Å². The molecule has 1 amide bonds. The molecule has 0 radical (unpaired) electrons. The van der Waals surface area contributed by atoms with Crippen LogP contribution in [0.25, 0.3) is 11.0 Å². The van der Waals surface area contributed by atoms with Crippen molar-refractivity contribution in [2.75, 3.05) is 56.6 Å². The number of nitro benzene ring substituents is 1. The molecule has 4 fully saturated rings. The summed E-state index contributed by atoms with van der Waals surface area (Å²) in [4.78, 5) is 39.8. The number of nitrogens with one attached hydrogen (secondary N) is 3. The Balaban J connectivity index is 0.847. The summed E-state index contributed by atoms with van der Waals surface area (Å²) < 4.78 is 56.4. The second-order valence-corrected chi connectivity index (χ2v) is 24.0. The van der Waals surface area contributed by atoms with E-state index in [-0.39, 0.29) is 56.3 Å². The number of amides is 1. The van der Waals surface area contributed by atoms with Crippen molar-refractivity contribution in [3.8, 4) is 17.2 Å². The van der Waals surface area contributed by atoms with Gasteiger partial charge in [-0.25, -0.2) is 22.5 Å². The minimum absolute atomic E-state index is 0.0539. The SMILES string of the molecule is COc1ccc(CN2CCN(C3CC4(CCN(c5ccc(C(=O)NS(=O)(=O)c6ccc(NCC7CCC(C)(O)CC7)c([N+](=O)[O-])c6)c(Oc6cc7c(F)c[nH]c7nc6Cl)c5)CC4)C3)C(c3ccccc3C(C)C)C2)cc1. The molecule has 4 N–H and O–H groups in total. The van der Waals surface area contributed by atoms with E-state index < -0.39 is 42.9 Å². The van der Waals surface area contributed by atoms with Gasteiger partial charge in [-0.1, -0.05) is 61.8 Å². The number of ether oxygens (including phenoxy) is 2. The Kier molecular flexibility index (Phi) is 15.1. The van der Waals surface area contributed by atoms with E-state index in [1.807, 2.05) is 12.1 Å². The van der Waals surface area contributed by atoms with Crippen molar-refractivity contribution in [3.63, 3.8) is 0 Å². The summed E-state index contributed by atoms with van der Waals surface area (Å²) in [7, 11) is -2.99. The third-order valence-corrected chi connectivity index (χ3v) is 18.1. The van der Waals surface area contributed by atoms with Crippen LogP contribution in [0.4, 0.5) is 21.5 Å². The number of piperazine rings is 1. The highest BCUT2D eigenvalue weighted by molar-refractivity contribution is 7.90. The van der Waals surface area contributed by atoms with Crippen molar-refractivity contribution < 1.29 is 37.1 Å². The second-order valence-electron chi connectivity index (χ2n) is 22.0. The molecule has 1 unspecified atom stereocenters. The number of methoxy groups -OCH3 is 1. The summed E-state index contributed by atoms with van der Waals surface area (Å²) in [5.74, 6) is -0.356. The van der Waals surface area contributed by atoms with Gasteiger partial charge in [-0.05, 0) is 135 Å². The lowest BCUT2D eigenvalue weighted by Gasteiger charge is -2.58. The van der Waals surface area contributed by atoms with Crippen LogP contribution in [0, 0.1) is 27.3 Å². The van der Waals surface area contributed by atoms with E-state index in [0.717, 1.165) is 101 Å². The van der Waals surface area contributed by atoms with E-state index >= 15 is 0 Å². The number of halogens is 2. The van der Waals surface area contributed by atoms with Crippen molar-refractivity contribution in [3.05, 3.63) is 141 Å². The maximum Gasteiger partial charge on any atom is 0.293 e. The third kappa shape index (κ3) is 11.4. The van der Waals surface area contributed by atoms with Gasteiger partial charge >= 0.3 is 0 Å². The fourth-order valence-electron chi connectivity index (χ4n) is 12.0. The summed E-state index contributed by atoms with van der Waals surface area (Å²) in [6.45, 7) is 12.0. The van der Waals surface area contributed by atoms with Crippen LogP contribution in [0.3, 0.4) is 0 Å². The molecule has 1 atom stereocenters. The highest BCUT2D eigenvalue weighted by Crippen LogP contribution is 2.53. The molecule has 76 heavy (non-hydrogen) atoms. The van der Waals surface area contributed by atoms with Crippen molar-refractivity contribution >= 4 is 55.6 Å². The monoisotopic (exact) mass is 1080 g/mol. The van der Waals surface area contributed by atoms with Crippen LogP contribution in [0.1, 0.15) is 111 Å². The predicted octanol–water partition coefficient (Wildman–Crippen LogP) is 11.0. The molecule has 2 aromatic heterocycles. The molecular weight excluding hydrogens is 1010 g/mol. The summed E-state index contributed by atoms with van der Waals surface area (Å²) in [5, 5.41) is 25.7. The van der Waals surface area contributed by atoms with Crippen LogP contribution in [-0.4, -0.2) is 102 Å². The lowest BCUT2D eigenvalue weighted by Crippen LogP contribution is -2.60. The van der Waals surface area contributed by atoms with E-state index in [2.05, 4.69) is 85.0 Å². The van der Waals surface area contributed by atoms with Crippen LogP contribution in [0.5, 0.6) is 17.2 Å². The first-order valence-corrected chi connectivity index (χ1v) is 28.1. The number of benzene rings is 4. The maximum atomic E-state index is 14.8. The van der Waals surface area contributed by atoms with Gasteiger partial charge in [0.15, 0.2) is 10.9 Å². The van der Waals surface area contributed by atoms with Crippen LogP contribution in [-0.2, 0) is 16.6 Å². The lowest BCUT2D eigenvalue weighted by atomic mass is 9.59. The van der Waals surface area contributed by atoms with Gasteiger partial charge in [0.2, 0.25) is 0 Å². The van der Waals surface area contributed by atoms with Crippen LogP contribution < -0.4 is 24.4 Å². The normalized spacial score (nSPS) is 21.4. The predicted molar refractivity (Wildman–Crippen MR) is 292 cm³/mol. The second kappa shape index (κ2) is 21.6. The zero-order chi connectivity index (χ0) is 53.5. The van der Waals surface area contributed by atoms with Gasteiger partial charge in [0.25, 0.3) is 21.6 Å². The van der Waals surface area contributed by atoms with Crippen molar-refractivity contribution in [2.45, 2.75) is 107 Å². The van der Waals surface area contributed by atoms with Gasteiger partial charge in [0.05, 0.1) is 33.5 Å². The number of fused-ring (bicyclic) bond motifs is 1. The molecule has 16 nitrogen and oxygen atoms in total. The number of H-pyrrole nitrogens is 1. The largest absolute Gasteiger partial charge is 0.497 e. The van der Waals surface area contributed by atoms with E-state index in [1.165, 1.54) is 41.0 Å². The first kappa shape index (κ1) is 53.1. The zero-order valence-corrected chi connectivity index (χ0v) is 44.9. The quantitative estimate of drug-likeness (QED) is 0.0406. The lowest BCUT2D eigenvalue weighted by molar-refractivity contribution is -0.384. The van der Waals surface area contributed by atoms with Crippen LogP contribution in [0.15, 0.2) is 102 Å². The molecule has 4 aromatic carbocycles. The Morgan fingerprint density at radius 2 is 1.71 bits per heavy atom. The molecule has 402 valence electrons. The molecule has 6 aromatic rings. The number of sulfonamides is 1. The molecule has 10 rings (SSSR count). The number of nitrogens with zero attached hydrogens (tertiary/aromatic N) is 5. The highest BCUT2D eigenvalue weighted by atomic mass is 35.5. The van der Waals surface area contributed by atoms with Gasteiger partial charge in [0, 0.05) is 81.9 Å². The number of carbonyl (C=O) groups is 1. The van der Waals surface area contributed by atoms with Crippen molar-refractivity contribution in [1.29, 1.82) is 0 Å². The van der Waals surface area contributed by atoms with Gasteiger partial charge in [-0.3, -0.25) is 24.7 Å². The highest BCUT2D eigenvalue weighted by Gasteiger charge is 2.50. The number of nitro groups is 1. The molecular formula is C57H66ClFN8O8S. The molecule has 2 aliphatic heterocycles. The zero-order valence-electron chi connectivity index (χ0n) is 43.4. The number of carbonyl (C=O) groups excluding carboxylic acids is 1. The molecule has 1 spiro atoms. The number of hydrogen-bond acceptors (Lipinski definition) is 13. The molecule has 2 saturated carbocycles. The van der Waals surface area contributed by atoms with Gasteiger partial charge < -0.3 is 29.8 Å². The molecule has 19 heteroatoms. The summed E-state index contributed by atoms with van der Waals surface area (Å²) in [6, 6.07) is 27.6. The maximum absolute atomic E-state index is 14.8. The fourth-order valence-corrected chi connectivity index (χ4v) is 13.1. The molecule has 4 aliphatic rings. The number of aromatic amines is 1. The van der Waals surface area contributed by atoms with Crippen molar-refractivity contribution in [2.24, 2.45) is 11.3 Å². The average Bonchev–Trinajstić information content (AvgIpc) is 3.81. The Morgan fingerprint density at radius 1 is 0.974 bits per heavy atom. The topological polar surface area (TPSA) is 196 Å². The summed E-state index contributed by atoms with van der Waals surface area (Å²) in [5.41, 5.74) is 3.91. The van der Waals surface area contributed by atoms with Crippen LogP contribution in [0.2, 0.25) is 5.15 Å². The average molecular weight is 1080 g/mol. The first-order valence-electron chi connectivity index (χ1n) is 26.3. The number of aromatic nitrogens is 2. The van der Waals surface area contributed by atoms with Gasteiger partial charge in [-0.2, -0.15) is 0 Å². The summed E-state index contributed by atoms with van der Waals surface area (Å²) in [6.07, 6.45) is 7.94. The molecule has 2 aliphatic carbocycles. The summed E-state index contributed by atoms with van der Waals surface area (Å²) >= 11 is 6.57. The van der Waals surface area contributed by atoms with Crippen molar-refractivity contribution in [1.82, 2.24) is 24.5 Å². The number of rotatable bonds is 16. The Morgan fingerprint density at radius 3 is 2.42 bits per heavy atom. The third-order valence-electron chi connectivity index (χ3n) is 16.5. The molecule has 4 heterocycles. The van der Waals surface area contributed by atoms with Gasteiger partial charge in [-0.15, -0.1) is 0 Å². The Labute approximate surface area is 448 Å². The van der Waals surface area contributed by atoms with E-state index in [1.54, 1.807) is 26.2 Å². The fraction of sp³-hybridized carbons (Fsp3) is 0.439. The molecule has 2 saturated heterocycles. The number of aliphatic hydroxyl groups is 1. The van der Waals surface area contributed by atoms with E-state index in [0.29, 0.717) is 31.3 Å². The standard InChI is InChI=1S/C57H66ClFN8O8S/c1-36(2)43-7-5-6-8-44(43)50-35-64(34-38-9-12-41(74-4)13-10-38)25-26-66(50)40-30-57(31-40)21-23-65(24-22-57)39-11-15-45(51(27-39)75-52-29-46-47(59)33-61-54(46)62-53(52)58)55(68)63-76(72,73)42-14-16-48(49(28-42)67(70)71)60-32-37-17-19-56(3,69)20-18-37/h5-16,27-29,33,36-37,40,50,60,69H,17-26,30-32,34-35H2,1-4H3,(H,61,62)(H,63,68). The minimum atomic E-state index is -4.68. The number of pyridine rings is 1. The van der Waals surface area contributed by atoms with Gasteiger partial charge in [0.1, 0.15) is 28.7 Å². The number of anilines is 2. The Hall–Kier alpha value is -6.31. The smallest absolute Gasteiger partial charge is 0.293 e. The number of hydrogen-bond donors (Lipinski definition) is 4. The van der Waals surface area contributed by atoms with E-state index in [9.17, 15) is 32.8 Å². The minimum Gasteiger partial charge on any atom is -0.497 e. The van der Waals surface area contributed by atoms with Crippen LogP contribution >= 0.6 is 11.6 Å².